The summed E-state index contributed by atoms with van der Waals surface area (Å²) in [5, 5.41) is 12.3. The van der Waals surface area contributed by atoms with Crippen molar-refractivity contribution < 1.29 is 0 Å². The highest BCUT2D eigenvalue weighted by molar-refractivity contribution is 5.58. The van der Waals surface area contributed by atoms with E-state index in [1.807, 2.05) is 39.2 Å². The van der Waals surface area contributed by atoms with Crippen molar-refractivity contribution >= 4 is 5.69 Å². The normalized spacial score (nSPS) is 12.2. The van der Waals surface area contributed by atoms with Crippen molar-refractivity contribution in [1.82, 2.24) is 4.90 Å². The van der Waals surface area contributed by atoms with Gasteiger partial charge in [0.05, 0.1) is 11.3 Å². The molecule has 0 spiro atoms. The maximum atomic E-state index is 8.98. The number of rotatable bonds is 4. The Labute approximate surface area is 97.7 Å². The highest BCUT2D eigenvalue weighted by atomic mass is 15.1. The van der Waals surface area contributed by atoms with Gasteiger partial charge >= 0.3 is 0 Å². The summed E-state index contributed by atoms with van der Waals surface area (Å²) in [6, 6.07) is 8.47. The molecule has 1 aromatic rings. The van der Waals surface area contributed by atoms with Crippen LogP contribution in [-0.2, 0) is 0 Å². The Morgan fingerprint density at radius 1 is 1.44 bits per heavy atom. The summed E-state index contributed by atoms with van der Waals surface area (Å²) >= 11 is 0. The van der Waals surface area contributed by atoms with Gasteiger partial charge in [0.25, 0.3) is 0 Å². The number of nitriles is 1. The fourth-order valence-electron chi connectivity index (χ4n) is 1.34. The number of aryl methyl sites for hydroxylation is 1. The van der Waals surface area contributed by atoms with Crippen molar-refractivity contribution in [2.24, 2.45) is 0 Å². The van der Waals surface area contributed by atoms with E-state index in [1.165, 1.54) is 5.56 Å². The number of hydrogen-bond acceptors (Lipinski definition) is 3. The smallest absolute Gasteiger partial charge is 0.101 e. The molecule has 0 radical (unpaired) electrons. The summed E-state index contributed by atoms with van der Waals surface area (Å²) in [5.41, 5.74) is 2.80. The topological polar surface area (TPSA) is 39.1 Å². The van der Waals surface area contributed by atoms with Crippen molar-refractivity contribution in [2.75, 3.05) is 26.0 Å². The zero-order valence-electron chi connectivity index (χ0n) is 10.4. The van der Waals surface area contributed by atoms with Gasteiger partial charge in [-0.2, -0.15) is 5.26 Å². The van der Waals surface area contributed by atoms with Crippen molar-refractivity contribution in [3.63, 3.8) is 0 Å². The molecule has 86 valence electrons. The first-order valence-electron chi connectivity index (χ1n) is 5.45. The Hall–Kier alpha value is -1.53. The Balaban J connectivity index is 2.73. The average molecular weight is 217 g/mol. The third kappa shape index (κ3) is 3.25. The third-order valence-electron chi connectivity index (χ3n) is 2.76. The molecule has 1 unspecified atom stereocenters. The molecule has 0 heterocycles. The average Bonchev–Trinajstić information content (AvgIpc) is 2.25. The Kier molecular flexibility index (Phi) is 4.33. The first-order chi connectivity index (χ1) is 7.54. The molecule has 16 heavy (non-hydrogen) atoms. The van der Waals surface area contributed by atoms with Gasteiger partial charge in [0, 0.05) is 12.6 Å². The van der Waals surface area contributed by atoms with Gasteiger partial charge in [-0.1, -0.05) is 6.07 Å². The Morgan fingerprint density at radius 3 is 2.69 bits per heavy atom. The molecule has 3 heteroatoms. The van der Waals surface area contributed by atoms with Gasteiger partial charge in [0.15, 0.2) is 0 Å². The predicted octanol–water partition coefficient (Wildman–Crippen LogP) is 2.23. The highest BCUT2D eigenvalue weighted by Gasteiger charge is 2.06. The first-order valence-corrected chi connectivity index (χ1v) is 5.45. The fourth-order valence-corrected chi connectivity index (χ4v) is 1.34. The molecule has 0 amide bonds. The van der Waals surface area contributed by atoms with Crippen LogP contribution in [-0.4, -0.2) is 31.6 Å². The van der Waals surface area contributed by atoms with Gasteiger partial charge < -0.3 is 10.2 Å². The van der Waals surface area contributed by atoms with Crippen LogP contribution < -0.4 is 5.32 Å². The predicted molar refractivity (Wildman–Crippen MR) is 67.5 cm³/mol. The van der Waals surface area contributed by atoms with Crippen LogP contribution in [0.15, 0.2) is 18.2 Å². The number of anilines is 1. The van der Waals surface area contributed by atoms with Crippen LogP contribution in [0.4, 0.5) is 5.69 Å². The Morgan fingerprint density at radius 2 is 2.12 bits per heavy atom. The number of likely N-dealkylation sites (N-methyl/N-ethyl adjacent to an activating group) is 1. The van der Waals surface area contributed by atoms with Crippen LogP contribution in [0.25, 0.3) is 0 Å². The maximum absolute atomic E-state index is 8.98. The zero-order valence-corrected chi connectivity index (χ0v) is 10.4. The number of nitrogens with zero attached hydrogens (tertiary/aromatic N) is 2. The fraction of sp³-hybridized carbons (Fsp3) is 0.462. The van der Waals surface area contributed by atoms with Gasteiger partial charge in [-0.15, -0.1) is 0 Å². The number of nitrogens with one attached hydrogen (secondary N) is 1. The van der Waals surface area contributed by atoms with E-state index < -0.39 is 0 Å². The van der Waals surface area contributed by atoms with E-state index in [4.69, 9.17) is 5.26 Å². The first kappa shape index (κ1) is 12.5. The minimum atomic E-state index is 0.437. The van der Waals surface area contributed by atoms with E-state index >= 15 is 0 Å². The van der Waals surface area contributed by atoms with Gasteiger partial charge in [0.2, 0.25) is 0 Å². The standard InChI is InChI=1S/C13H19N3/c1-10-5-6-12(8-14)13(7-10)15-9-11(2)16(3)4/h5-7,11,15H,9H2,1-4H3. The van der Waals surface area contributed by atoms with E-state index in [1.54, 1.807) is 0 Å². The van der Waals surface area contributed by atoms with E-state index in [9.17, 15) is 0 Å². The second-order valence-electron chi connectivity index (χ2n) is 4.35. The lowest BCUT2D eigenvalue weighted by atomic mass is 10.1. The molecule has 0 fully saturated rings. The van der Waals surface area contributed by atoms with Crippen LogP contribution in [0, 0.1) is 18.3 Å². The molecule has 0 saturated carbocycles. The molecular formula is C13H19N3. The number of hydrogen-bond donors (Lipinski definition) is 1. The molecule has 0 aliphatic heterocycles. The van der Waals surface area contributed by atoms with Crippen molar-refractivity contribution in [3.05, 3.63) is 29.3 Å². The third-order valence-corrected chi connectivity index (χ3v) is 2.76. The SMILES string of the molecule is Cc1ccc(C#N)c(NCC(C)N(C)C)c1. The van der Waals surface area contributed by atoms with Crippen LogP contribution in [0.3, 0.4) is 0 Å². The molecule has 1 aromatic carbocycles. The largest absolute Gasteiger partial charge is 0.382 e. The Bertz CT molecular complexity index is 391. The van der Waals surface area contributed by atoms with Crippen LogP contribution in [0.1, 0.15) is 18.1 Å². The van der Waals surface area contributed by atoms with Crippen molar-refractivity contribution in [1.29, 1.82) is 5.26 Å². The molecule has 1 N–H and O–H groups in total. The van der Waals surface area contributed by atoms with Crippen molar-refractivity contribution in [3.8, 4) is 6.07 Å². The van der Waals surface area contributed by atoms with Crippen LogP contribution >= 0.6 is 0 Å². The molecular weight excluding hydrogens is 198 g/mol. The monoisotopic (exact) mass is 217 g/mol. The van der Waals surface area contributed by atoms with Crippen LogP contribution in [0.2, 0.25) is 0 Å². The molecule has 0 bridgehead atoms. The van der Waals surface area contributed by atoms with Crippen LogP contribution in [0.5, 0.6) is 0 Å². The quantitative estimate of drug-likeness (QED) is 0.840. The maximum Gasteiger partial charge on any atom is 0.101 e. The van der Waals surface area contributed by atoms with E-state index in [2.05, 4.69) is 23.2 Å². The minimum Gasteiger partial charge on any atom is -0.382 e. The molecule has 0 saturated heterocycles. The van der Waals surface area contributed by atoms with Gasteiger partial charge in [-0.25, -0.2) is 0 Å². The van der Waals surface area contributed by atoms with Gasteiger partial charge in [-0.05, 0) is 45.6 Å². The zero-order chi connectivity index (χ0) is 12.1. The summed E-state index contributed by atoms with van der Waals surface area (Å²) in [7, 11) is 4.10. The number of benzene rings is 1. The molecule has 0 aliphatic rings. The van der Waals surface area contributed by atoms with E-state index in [0.29, 0.717) is 11.6 Å². The second-order valence-corrected chi connectivity index (χ2v) is 4.35. The lowest BCUT2D eigenvalue weighted by molar-refractivity contribution is 0.326. The lowest BCUT2D eigenvalue weighted by Crippen LogP contribution is -2.31. The minimum absolute atomic E-state index is 0.437. The summed E-state index contributed by atoms with van der Waals surface area (Å²) in [6.45, 7) is 5.02. The van der Waals surface area contributed by atoms with E-state index in [0.717, 1.165) is 12.2 Å². The summed E-state index contributed by atoms with van der Waals surface area (Å²) in [6.07, 6.45) is 0. The van der Waals surface area contributed by atoms with Crippen molar-refractivity contribution in [2.45, 2.75) is 19.9 Å². The van der Waals surface area contributed by atoms with Gasteiger partial charge in [0.1, 0.15) is 6.07 Å². The van der Waals surface area contributed by atoms with E-state index in [-0.39, 0.29) is 0 Å². The summed E-state index contributed by atoms with van der Waals surface area (Å²) in [5.74, 6) is 0. The molecule has 1 rings (SSSR count). The molecule has 0 aromatic heterocycles. The van der Waals surface area contributed by atoms with Gasteiger partial charge in [-0.3, -0.25) is 0 Å². The lowest BCUT2D eigenvalue weighted by Gasteiger charge is -2.21. The second kappa shape index (κ2) is 5.53. The summed E-state index contributed by atoms with van der Waals surface area (Å²) < 4.78 is 0. The highest BCUT2D eigenvalue weighted by Crippen LogP contribution is 2.16. The summed E-state index contributed by atoms with van der Waals surface area (Å²) in [4.78, 5) is 2.15. The molecule has 3 nitrogen and oxygen atoms in total. The molecule has 0 aliphatic carbocycles. The molecule has 1 atom stereocenters.